The Labute approximate surface area is 122 Å². The number of amides is 1. The summed E-state index contributed by atoms with van der Waals surface area (Å²) in [6, 6.07) is 3.91. The maximum Gasteiger partial charge on any atom is 0.261 e. The topological polar surface area (TPSA) is 63.2 Å². The summed E-state index contributed by atoms with van der Waals surface area (Å²) in [5.74, 6) is -0.184. The minimum atomic E-state index is -3.82. The van der Waals surface area contributed by atoms with Gasteiger partial charge in [0.1, 0.15) is 0 Å². The number of carbonyl (C=O) groups is 1. The van der Waals surface area contributed by atoms with E-state index in [0.29, 0.717) is 12.1 Å². The molecular weight excluding hydrogens is 309 g/mol. The Hall–Kier alpha value is -0.780. The van der Waals surface area contributed by atoms with Gasteiger partial charge in [-0.2, -0.15) is 0 Å². The molecule has 0 bridgehead atoms. The van der Waals surface area contributed by atoms with Crippen LogP contribution in [0.4, 0.5) is 5.69 Å². The summed E-state index contributed by atoms with van der Waals surface area (Å²) in [6.45, 7) is 5.83. The standard InChI is InChI=1S/C12H15Cl2NO3S/c1-12(2,3)7-11(16)15-10-5-4-8(6-9(10)13)19(14,17)18/h4-6H,7H2,1-3H3,(H,15,16). The first-order valence-corrected chi connectivity index (χ1v) is 8.22. The summed E-state index contributed by atoms with van der Waals surface area (Å²) >= 11 is 5.91. The summed E-state index contributed by atoms with van der Waals surface area (Å²) in [5.41, 5.74) is 0.218. The van der Waals surface area contributed by atoms with Gasteiger partial charge in [0, 0.05) is 17.1 Å². The maximum absolute atomic E-state index is 11.7. The van der Waals surface area contributed by atoms with E-state index in [9.17, 15) is 13.2 Å². The fourth-order valence-electron chi connectivity index (χ4n) is 1.42. The number of benzene rings is 1. The van der Waals surface area contributed by atoms with Crippen LogP contribution in [0.3, 0.4) is 0 Å². The van der Waals surface area contributed by atoms with Crippen LogP contribution in [0.5, 0.6) is 0 Å². The second-order valence-electron chi connectivity index (χ2n) is 5.37. The minimum Gasteiger partial charge on any atom is -0.325 e. The normalized spacial score (nSPS) is 12.3. The number of hydrogen-bond donors (Lipinski definition) is 1. The molecule has 0 radical (unpaired) electrons. The number of carbonyl (C=O) groups excluding carboxylic acids is 1. The van der Waals surface area contributed by atoms with Crippen molar-refractivity contribution in [2.75, 3.05) is 5.32 Å². The van der Waals surface area contributed by atoms with Crippen LogP contribution >= 0.6 is 22.3 Å². The molecule has 1 N–H and O–H groups in total. The highest BCUT2D eigenvalue weighted by Crippen LogP contribution is 2.28. The SMILES string of the molecule is CC(C)(C)CC(=O)Nc1ccc(S(=O)(=O)Cl)cc1Cl. The molecule has 0 atom stereocenters. The van der Waals surface area contributed by atoms with Gasteiger partial charge < -0.3 is 5.32 Å². The highest BCUT2D eigenvalue weighted by molar-refractivity contribution is 8.13. The molecule has 0 aromatic heterocycles. The van der Waals surface area contributed by atoms with Gasteiger partial charge in [-0.1, -0.05) is 32.4 Å². The zero-order valence-corrected chi connectivity index (χ0v) is 13.2. The lowest BCUT2D eigenvalue weighted by molar-refractivity contribution is -0.117. The average molecular weight is 324 g/mol. The van der Waals surface area contributed by atoms with Gasteiger partial charge in [-0.3, -0.25) is 4.79 Å². The quantitative estimate of drug-likeness (QED) is 0.863. The second kappa shape index (κ2) is 5.69. The Balaban J connectivity index is 2.90. The fraction of sp³-hybridized carbons (Fsp3) is 0.417. The predicted molar refractivity (Wildman–Crippen MR) is 77.2 cm³/mol. The van der Waals surface area contributed by atoms with Crippen molar-refractivity contribution in [1.82, 2.24) is 0 Å². The molecule has 106 valence electrons. The number of anilines is 1. The highest BCUT2D eigenvalue weighted by Gasteiger charge is 2.18. The van der Waals surface area contributed by atoms with Gasteiger partial charge in [0.15, 0.2) is 0 Å². The van der Waals surface area contributed by atoms with Crippen molar-refractivity contribution in [1.29, 1.82) is 0 Å². The summed E-state index contributed by atoms with van der Waals surface area (Å²) < 4.78 is 22.3. The van der Waals surface area contributed by atoms with Crippen LogP contribution in [0.2, 0.25) is 5.02 Å². The molecule has 0 saturated heterocycles. The molecule has 0 aliphatic carbocycles. The minimum absolute atomic E-state index is 0.104. The Bertz CT molecular complexity index is 591. The molecule has 7 heteroatoms. The van der Waals surface area contributed by atoms with E-state index in [1.807, 2.05) is 20.8 Å². The van der Waals surface area contributed by atoms with E-state index in [4.69, 9.17) is 22.3 Å². The van der Waals surface area contributed by atoms with Crippen molar-refractivity contribution in [2.24, 2.45) is 5.41 Å². The Morgan fingerprint density at radius 1 is 1.32 bits per heavy atom. The van der Waals surface area contributed by atoms with Crippen molar-refractivity contribution in [3.8, 4) is 0 Å². The molecule has 0 saturated carbocycles. The first-order valence-electron chi connectivity index (χ1n) is 5.53. The number of nitrogens with one attached hydrogen (secondary N) is 1. The third kappa shape index (κ3) is 5.38. The van der Waals surface area contributed by atoms with Crippen molar-refractivity contribution < 1.29 is 13.2 Å². The zero-order chi connectivity index (χ0) is 14.8. The van der Waals surface area contributed by atoms with E-state index in [1.165, 1.54) is 18.2 Å². The largest absolute Gasteiger partial charge is 0.325 e. The molecule has 1 aromatic carbocycles. The van der Waals surface area contributed by atoms with E-state index in [0.717, 1.165) is 0 Å². The number of rotatable bonds is 3. The predicted octanol–water partition coefficient (Wildman–Crippen LogP) is 3.64. The first-order chi connectivity index (χ1) is 8.49. The first kappa shape index (κ1) is 16.3. The van der Waals surface area contributed by atoms with E-state index in [2.05, 4.69) is 5.32 Å². The van der Waals surface area contributed by atoms with Gasteiger partial charge in [-0.15, -0.1) is 0 Å². The zero-order valence-electron chi connectivity index (χ0n) is 10.8. The molecule has 0 heterocycles. The van der Waals surface area contributed by atoms with Gasteiger partial charge in [0.05, 0.1) is 15.6 Å². The lowest BCUT2D eigenvalue weighted by Gasteiger charge is -2.17. The van der Waals surface area contributed by atoms with Crippen LogP contribution in [0.1, 0.15) is 27.2 Å². The van der Waals surface area contributed by atoms with E-state index >= 15 is 0 Å². The van der Waals surface area contributed by atoms with Crippen LogP contribution in [-0.2, 0) is 13.8 Å². The molecule has 0 unspecified atom stereocenters. The molecule has 0 spiro atoms. The van der Waals surface area contributed by atoms with Crippen molar-refractivity contribution in [3.63, 3.8) is 0 Å². The molecule has 0 aliphatic rings. The van der Waals surface area contributed by atoms with Crippen molar-refractivity contribution >= 4 is 42.9 Å². The number of hydrogen-bond acceptors (Lipinski definition) is 3. The third-order valence-corrected chi connectivity index (χ3v) is 3.85. The van der Waals surface area contributed by atoms with E-state index in [-0.39, 0.29) is 21.2 Å². The summed E-state index contributed by atoms with van der Waals surface area (Å²) in [5, 5.41) is 2.77. The van der Waals surface area contributed by atoms with Gasteiger partial charge in [-0.05, 0) is 23.6 Å². The van der Waals surface area contributed by atoms with Crippen LogP contribution in [-0.4, -0.2) is 14.3 Å². The lowest BCUT2D eigenvalue weighted by atomic mass is 9.92. The fourth-order valence-corrected chi connectivity index (χ4v) is 2.49. The highest BCUT2D eigenvalue weighted by atomic mass is 35.7. The summed E-state index contributed by atoms with van der Waals surface area (Å²) in [4.78, 5) is 11.6. The van der Waals surface area contributed by atoms with Gasteiger partial charge in [0.25, 0.3) is 9.05 Å². The molecule has 19 heavy (non-hydrogen) atoms. The molecule has 4 nitrogen and oxygen atoms in total. The molecule has 0 aliphatic heterocycles. The van der Waals surface area contributed by atoms with Crippen LogP contribution in [0.15, 0.2) is 23.1 Å². The average Bonchev–Trinajstić information content (AvgIpc) is 2.16. The third-order valence-electron chi connectivity index (χ3n) is 2.19. The Kier molecular flexibility index (Phi) is 4.87. The maximum atomic E-state index is 11.7. The summed E-state index contributed by atoms with van der Waals surface area (Å²) in [7, 11) is 1.38. The smallest absolute Gasteiger partial charge is 0.261 e. The van der Waals surface area contributed by atoms with Crippen molar-refractivity contribution in [2.45, 2.75) is 32.1 Å². The molecular formula is C12H15Cl2NO3S. The van der Waals surface area contributed by atoms with Crippen LogP contribution in [0, 0.1) is 5.41 Å². The van der Waals surface area contributed by atoms with Gasteiger partial charge in [-0.25, -0.2) is 8.42 Å². The monoisotopic (exact) mass is 323 g/mol. The Morgan fingerprint density at radius 2 is 1.89 bits per heavy atom. The van der Waals surface area contributed by atoms with E-state index in [1.54, 1.807) is 0 Å². The van der Waals surface area contributed by atoms with Crippen LogP contribution < -0.4 is 5.32 Å². The second-order valence-corrected chi connectivity index (χ2v) is 8.34. The Morgan fingerprint density at radius 3 is 2.32 bits per heavy atom. The van der Waals surface area contributed by atoms with Crippen molar-refractivity contribution in [3.05, 3.63) is 23.2 Å². The molecule has 1 rings (SSSR count). The molecule has 1 amide bonds. The van der Waals surface area contributed by atoms with Gasteiger partial charge in [0.2, 0.25) is 5.91 Å². The molecule has 0 fully saturated rings. The molecule has 1 aromatic rings. The number of halogens is 2. The van der Waals surface area contributed by atoms with E-state index < -0.39 is 9.05 Å². The van der Waals surface area contributed by atoms with Crippen LogP contribution in [0.25, 0.3) is 0 Å². The lowest BCUT2D eigenvalue weighted by Crippen LogP contribution is -2.19. The van der Waals surface area contributed by atoms with Gasteiger partial charge >= 0.3 is 0 Å². The summed E-state index contributed by atoms with van der Waals surface area (Å²) in [6.07, 6.45) is 0.332.